The zero-order chi connectivity index (χ0) is 45.7. The smallest absolute Gasteiger partial charge is 0.326 e. The summed E-state index contributed by atoms with van der Waals surface area (Å²) >= 11 is 0. The van der Waals surface area contributed by atoms with Gasteiger partial charge in [0.15, 0.2) is 0 Å². The Labute approximate surface area is 361 Å². The molecule has 62 heavy (non-hydrogen) atoms. The Morgan fingerprint density at radius 1 is 0.694 bits per heavy atom. The lowest BCUT2D eigenvalue weighted by atomic mass is 9.98. The van der Waals surface area contributed by atoms with E-state index in [0.29, 0.717) is 31.2 Å². The lowest BCUT2D eigenvalue weighted by Gasteiger charge is -2.32. The van der Waals surface area contributed by atoms with Crippen LogP contribution in [0.4, 0.5) is 0 Å². The number of carboxylic acid groups (broad SMARTS) is 2. The second-order valence-corrected chi connectivity index (χ2v) is 16.5. The third kappa shape index (κ3) is 13.2. The summed E-state index contributed by atoms with van der Waals surface area (Å²) in [6.07, 6.45) is 1.29. The topological polar surface area (TPSA) is 278 Å². The first kappa shape index (κ1) is 48.6. The highest BCUT2D eigenvalue weighted by Crippen LogP contribution is 2.23. The number of phenolic OH excluding ortho intramolecular Hbond substituents is 1. The number of likely N-dealkylation sites (tertiary alicyclic amines) is 2. The van der Waals surface area contributed by atoms with Crippen LogP contribution in [0.25, 0.3) is 0 Å². The van der Waals surface area contributed by atoms with Crippen molar-refractivity contribution in [3.63, 3.8) is 0 Å². The van der Waals surface area contributed by atoms with E-state index in [-0.39, 0.29) is 44.5 Å². The van der Waals surface area contributed by atoms with Crippen LogP contribution >= 0.6 is 0 Å². The summed E-state index contributed by atoms with van der Waals surface area (Å²) in [6.45, 7) is 7.16. The number of hydrogen-bond donors (Lipinski definition) is 8. The molecule has 8 atom stereocenters. The fraction of sp³-hybridized carbons (Fsp3) is 0.545. The van der Waals surface area contributed by atoms with Crippen LogP contribution < -0.4 is 27.0 Å². The van der Waals surface area contributed by atoms with Crippen LogP contribution in [0, 0.1) is 11.8 Å². The summed E-state index contributed by atoms with van der Waals surface area (Å²) < 4.78 is 0. The van der Waals surface area contributed by atoms with Crippen LogP contribution in [-0.2, 0) is 51.2 Å². The molecule has 0 aromatic heterocycles. The third-order valence-electron chi connectivity index (χ3n) is 11.6. The first-order chi connectivity index (χ1) is 29.4. The van der Waals surface area contributed by atoms with Crippen molar-refractivity contribution in [2.24, 2.45) is 17.6 Å². The first-order valence-corrected chi connectivity index (χ1v) is 21.3. The molecule has 4 rings (SSSR count). The van der Waals surface area contributed by atoms with Crippen molar-refractivity contribution >= 4 is 47.4 Å². The number of nitrogens with two attached hydrogens (primary N) is 1. The van der Waals surface area contributed by atoms with Crippen LogP contribution in [-0.4, -0.2) is 128 Å². The standard InChI is InChI=1S/C44H61N7O11/c1-5-26(4)37(44(61)62)49-40(57)34-14-10-22-51(34)43(60)31(19-20-35(53)54)46-41(58)36(25(2)3)48-38(55)32(24-27-11-7-6-8-12-27)47-39(56)33-13-9-21-50(33)42(59)30(45)23-28-15-17-29(52)18-16-28/h6-8,11-12,15-18,25-26,30-34,36-37,52H,5,9-10,13-14,19-24,45H2,1-4H3,(H,46,58)(H,47,56)(H,48,55)(H,49,57)(H,53,54)(H,61,62)/t26-,30-,31-,32-,33-,34-,36-,37-/m0/s1. The van der Waals surface area contributed by atoms with Gasteiger partial charge in [-0.25, -0.2) is 4.79 Å². The minimum atomic E-state index is -1.42. The van der Waals surface area contributed by atoms with E-state index < -0.39 is 108 Å². The molecular weight excluding hydrogens is 803 g/mol. The van der Waals surface area contributed by atoms with Gasteiger partial charge < -0.3 is 52.1 Å². The van der Waals surface area contributed by atoms with E-state index in [1.807, 2.05) is 0 Å². The number of rotatable bonds is 21. The van der Waals surface area contributed by atoms with Gasteiger partial charge in [-0.3, -0.25) is 33.6 Å². The number of amides is 6. The number of carbonyl (C=O) groups excluding carboxylic acids is 6. The Kier molecular flexibility index (Phi) is 17.8. The van der Waals surface area contributed by atoms with Crippen molar-refractivity contribution in [2.75, 3.05) is 13.1 Å². The molecule has 0 radical (unpaired) electrons. The summed E-state index contributed by atoms with van der Waals surface area (Å²) in [5, 5.41) is 39.5. The van der Waals surface area contributed by atoms with Crippen molar-refractivity contribution in [3.8, 4) is 5.75 Å². The maximum Gasteiger partial charge on any atom is 0.326 e. The van der Waals surface area contributed by atoms with Gasteiger partial charge in [-0.15, -0.1) is 0 Å². The summed E-state index contributed by atoms with van der Waals surface area (Å²) in [6, 6.07) is 7.09. The van der Waals surface area contributed by atoms with Gasteiger partial charge in [0.2, 0.25) is 35.4 Å². The van der Waals surface area contributed by atoms with Crippen molar-refractivity contribution in [3.05, 3.63) is 65.7 Å². The van der Waals surface area contributed by atoms with E-state index in [2.05, 4.69) is 21.3 Å². The monoisotopic (exact) mass is 863 g/mol. The normalized spacial score (nSPS) is 19.1. The molecular formula is C44H61N7O11. The molecule has 0 aliphatic carbocycles. The number of carboxylic acids is 2. The predicted octanol–water partition coefficient (Wildman–Crippen LogP) is 1.08. The highest BCUT2D eigenvalue weighted by Gasteiger charge is 2.42. The zero-order valence-electron chi connectivity index (χ0n) is 35.7. The molecule has 2 fully saturated rings. The van der Waals surface area contributed by atoms with E-state index in [9.17, 15) is 53.7 Å². The number of phenols is 1. The number of nitrogens with one attached hydrogen (secondary N) is 4. The molecule has 2 aromatic rings. The maximum absolute atomic E-state index is 14.2. The second kappa shape index (κ2) is 22.7. The third-order valence-corrected chi connectivity index (χ3v) is 11.6. The molecule has 18 heteroatoms. The highest BCUT2D eigenvalue weighted by atomic mass is 16.4. The molecule has 2 heterocycles. The van der Waals surface area contributed by atoms with Gasteiger partial charge in [-0.05, 0) is 73.6 Å². The first-order valence-electron chi connectivity index (χ1n) is 21.3. The van der Waals surface area contributed by atoms with Gasteiger partial charge in [0.1, 0.15) is 42.0 Å². The number of hydrogen-bond acceptors (Lipinski definition) is 10. The van der Waals surface area contributed by atoms with Crippen LogP contribution in [0.1, 0.15) is 83.8 Å². The molecule has 2 saturated heterocycles. The SMILES string of the molecule is CC[C@H](C)[C@H](NC(=O)[C@@H]1CCCN1C(=O)[C@H](CCC(=O)O)NC(=O)[C@@H](NC(=O)[C@H](Cc1ccccc1)NC(=O)[C@@H]1CCCN1C(=O)[C@@H](N)Cc1ccc(O)cc1)C(C)C)C(=O)O. The number of aromatic hydroxyl groups is 1. The predicted molar refractivity (Wildman–Crippen MR) is 226 cm³/mol. The maximum atomic E-state index is 14.2. The summed E-state index contributed by atoms with van der Waals surface area (Å²) in [5.41, 5.74) is 7.71. The van der Waals surface area contributed by atoms with E-state index in [0.717, 1.165) is 5.56 Å². The minimum Gasteiger partial charge on any atom is -0.508 e. The van der Waals surface area contributed by atoms with E-state index in [1.54, 1.807) is 70.2 Å². The quantitative estimate of drug-likeness (QED) is 0.0876. The summed E-state index contributed by atoms with van der Waals surface area (Å²) in [5.74, 6) is -7.32. The molecule has 0 unspecified atom stereocenters. The van der Waals surface area contributed by atoms with Gasteiger partial charge in [0.25, 0.3) is 0 Å². The molecule has 9 N–H and O–H groups in total. The number of benzene rings is 2. The van der Waals surface area contributed by atoms with E-state index >= 15 is 0 Å². The molecule has 338 valence electrons. The fourth-order valence-corrected chi connectivity index (χ4v) is 7.83. The molecule has 18 nitrogen and oxygen atoms in total. The van der Waals surface area contributed by atoms with Gasteiger partial charge in [0, 0.05) is 25.9 Å². The van der Waals surface area contributed by atoms with Gasteiger partial charge >= 0.3 is 11.9 Å². The highest BCUT2D eigenvalue weighted by molar-refractivity contribution is 5.97. The van der Waals surface area contributed by atoms with Gasteiger partial charge in [0.05, 0.1) is 6.04 Å². The largest absolute Gasteiger partial charge is 0.508 e. The van der Waals surface area contributed by atoms with Gasteiger partial charge in [-0.2, -0.15) is 0 Å². The number of aliphatic carboxylic acids is 2. The van der Waals surface area contributed by atoms with Crippen molar-refractivity contribution < 1.29 is 53.7 Å². The Balaban J connectivity index is 1.51. The minimum absolute atomic E-state index is 0.0176. The lowest BCUT2D eigenvalue weighted by molar-refractivity contribution is -0.146. The number of nitrogens with zero attached hydrogens (tertiary/aromatic N) is 2. The Morgan fingerprint density at radius 3 is 1.81 bits per heavy atom. The second-order valence-electron chi connectivity index (χ2n) is 16.5. The molecule has 0 spiro atoms. The van der Waals surface area contributed by atoms with Crippen molar-refractivity contribution in [1.82, 2.24) is 31.1 Å². The Hall–Kier alpha value is -6.04. The van der Waals surface area contributed by atoms with Crippen molar-refractivity contribution in [2.45, 2.75) is 128 Å². The average Bonchev–Trinajstić information content (AvgIpc) is 3.94. The molecule has 2 aliphatic heterocycles. The Bertz CT molecular complexity index is 1910. The van der Waals surface area contributed by atoms with E-state index in [1.165, 1.54) is 21.9 Å². The zero-order valence-corrected chi connectivity index (χ0v) is 35.7. The number of carbonyl (C=O) groups is 8. The van der Waals surface area contributed by atoms with Crippen LogP contribution in [0.2, 0.25) is 0 Å². The fourth-order valence-electron chi connectivity index (χ4n) is 7.83. The van der Waals surface area contributed by atoms with E-state index in [4.69, 9.17) is 5.73 Å². The molecule has 0 bridgehead atoms. The molecule has 6 amide bonds. The molecule has 0 saturated carbocycles. The average molecular weight is 864 g/mol. The molecule has 2 aliphatic rings. The lowest BCUT2D eigenvalue weighted by Crippen LogP contribution is -2.61. The van der Waals surface area contributed by atoms with Crippen molar-refractivity contribution in [1.29, 1.82) is 0 Å². The molecule has 2 aromatic carbocycles. The summed E-state index contributed by atoms with van der Waals surface area (Å²) in [7, 11) is 0. The van der Waals surface area contributed by atoms with Crippen LogP contribution in [0.3, 0.4) is 0 Å². The van der Waals surface area contributed by atoms with Crippen LogP contribution in [0.5, 0.6) is 5.75 Å². The Morgan fingerprint density at radius 2 is 1.26 bits per heavy atom. The van der Waals surface area contributed by atoms with Crippen LogP contribution in [0.15, 0.2) is 54.6 Å². The van der Waals surface area contributed by atoms with Gasteiger partial charge in [-0.1, -0.05) is 76.6 Å². The summed E-state index contributed by atoms with van der Waals surface area (Å²) in [4.78, 5) is 109.